The van der Waals surface area contributed by atoms with Gasteiger partial charge in [0, 0.05) is 18.0 Å². The van der Waals surface area contributed by atoms with Gasteiger partial charge >= 0.3 is 0 Å². The number of aliphatic hydroxyl groups excluding tert-OH is 1. The molecule has 0 saturated carbocycles. The number of amides is 1. The second-order valence-corrected chi connectivity index (χ2v) is 19.8. The summed E-state index contributed by atoms with van der Waals surface area (Å²) in [5.74, 6) is -0.674. The van der Waals surface area contributed by atoms with E-state index in [1.165, 1.54) is 6.33 Å². The van der Waals surface area contributed by atoms with E-state index in [0.717, 1.165) is 0 Å². The lowest BCUT2D eigenvalue weighted by Gasteiger charge is -2.42. The molecule has 3 N–H and O–H groups in total. The molecule has 0 aromatic carbocycles. The van der Waals surface area contributed by atoms with Crippen LogP contribution in [0.15, 0.2) is 11.1 Å². The molecular formula is C29H50N7O7PSi. The van der Waals surface area contributed by atoms with Crippen molar-refractivity contribution < 1.29 is 28.1 Å². The number of nitrogens with one attached hydrogen (secondary N) is 2. The minimum absolute atomic E-state index is 0.0240. The van der Waals surface area contributed by atoms with Gasteiger partial charge in [0.05, 0.1) is 32.0 Å². The van der Waals surface area contributed by atoms with Crippen LogP contribution < -0.4 is 10.9 Å². The molecule has 1 saturated heterocycles. The van der Waals surface area contributed by atoms with Crippen LogP contribution in [0.5, 0.6) is 0 Å². The van der Waals surface area contributed by atoms with E-state index < -0.39 is 46.9 Å². The number of fused-ring (bicyclic) bond motifs is 1. The number of nitrogens with zero attached hydrogens (tertiary/aromatic N) is 5. The Morgan fingerprint density at radius 2 is 1.89 bits per heavy atom. The van der Waals surface area contributed by atoms with Gasteiger partial charge in [-0.15, -0.1) is 0 Å². The van der Waals surface area contributed by atoms with Crippen molar-refractivity contribution in [1.29, 1.82) is 5.26 Å². The Morgan fingerprint density at radius 1 is 1.24 bits per heavy atom. The van der Waals surface area contributed by atoms with Crippen LogP contribution in [0.1, 0.15) is 75.0 Å². The third-order valence-electron chi connectivity index (χ3n) is 8.05. The number of aliphatic hydroxyl groups is 1. The molecule has 45 heavy (non-hydrogen) atoms. The number of aromatic amines is 1. The van der Waals surface area contributed by atoms with Crippen molar-refractivity contribution in [3.05, 3.63) is 16.7 Å². The summed E-state index contributed by atoms with van der Waals surface area (Å²) in [6, 6.07) is 2.19. The minimum Gasteiger partial charge on any atom is -0.408 e. The monoisotopic (exact) mass is 667 g/mol. The number of imidazole rings is 1. The summed E-state index contributed by atoms with van der Waals surface area (Å²) >= 11 is 0. The maximum absolute atomic E-state index is 13.0. The Hall–Kier alpha value is -2.28. The van der Waals surface area contributed by atoms with E-state index in [1.54, 1.807) is 18.4 Å². The maximum Gasteiger partial charge on any atom is 0.280 e. The van der Waals surface area contributed by atoms with Gasteiger partial charge in [0.15, 0.2) is 25.7 Å². The molecule has 3 rings (SSSR count). The van der Waals surface area contributed by atoms with E-state index in [1.807, 2.05) is 27.7 Å². The van der Waals surface area contributed by atoms with Gasteiger partial charge in [-0.2, -0.15) is 10.2 Å². The van der Waals surface area contributed by atoms with E-state index in [0.29, 0.717) is 0 Å². The number of ether oxygens (including phenoxy) is 1. The predicted octanol–water partition coefficient (Wildman–Crippen LogP) is 4.66. The summed E-state index contributed by atoms with van der Waals surface area (Å²) in [7, 11) is -4.19. The number of carbonyl (C=O) groups is 1. The number of nitriles is 1. The molecular weight excluding hydrogens is 617 g/mol. The van der Waals surface area contributed by atoms with Gasteiger partial charge in [0.1, 0.15) is 18.3 Å². The molecule has 2 aromatic heterocycles. The first-order chi connectivity index (χ1) is 20.9. The molecule has 16 heteroatoms. The van der Waals surface area contributed by atoms with Crippen LogP contribution in [-0.2, 0) is 23.0 Å². The van der Waals surface area contributed by atoms with Crippen molar-refractivity contribution in [2.75, 3.05) is 18.5 Å². The van der Waals surface area contributed by atoms with Gasteiger partial charge in [-0.05, 0) is 45.8 Å². The standard InChI is InChI=1S/C29H50N7O7PSi/c1-17(2)25(38)33-28-32-24-21(26(39)34-28)31-16-35(24)27-23(22(20(15-37)41-27)43-45(10,11)29(7,8)9)42-44(40-14-12-13-30)36(18(3)4)19(5)6/h16-20,22-23,27,37H,12,14-15H2,1-11H3,(H2,32,33,34,38,39)/t20-,22-,23-,27-,44?/m1/s1. The molecule has 1 unspecified atom stereocenters. The predicted molar refractivity (Wildman–Crippen MR) is 175 cm³/mol. The van der Waals surface area contributed by atoms with Crippen LogP contribution in [0.2, 0.25) is 18.1 Å². The second-order valence-electron chi connectivity index (χ2n) is 13.6. The molecule has 252 valence electrons. The van der Waals surface area contributed by atoms with Crippen LogP contribution in [0.25, 0.3) is 11.2 Å². The van der Waals surface area contributed by atoms with Gasteiger partial charge in [-0.25, -0.2) is 9.65 Å². The second kappa shape index (κ2) is 15.1. The molecule has 3 heterocycles. The zero-order valence-corrected chi connectivity index (χ0v) is 30.2. The fraction of sp³-hybridized carbons (Fsp3) is 0.759. The Labute approximate surface area is 267 Å². The molecule has 0 radical (unpaired) electrons. The van der Waals surface area contributed by atoms with Crippen LogP contribution >= 0.6 is 8.53 Å². The van der Waals surface area contributed by atoms with Gasteiger partial charge in [0.2, 0.25) is 11.9 Å². The van der Waals surface area contributed by atoms with E-state index in [-0.39, 0.29) is 65.7 Å². The molecule has 1 fully saturated rings. The van der Waals surface area contributed by atoms with Gasteiger partial charge in [-0.3, -0.25) is 24.5 Å². The third kappa shape index (κ3) is 8.55. The lowest BCUT2D eigenvalue weighted by atomic mass is 10.1. The normalized spacial score (nSPS) is 21.8. The summed E-state index contributed by atoms with van der Waals surface area (Å²) in [6.45, 7) is 22.1. The van der Waals surface area contributed by atoms with Crippen molar-refractivity contribution in [3.63, 3.8) is 0 Å². The van der Waals surface area contributed by atoms with Crippen LogP contribution in [0.3, 0.4) is 0 Å². The average molecular weight is 668 g/mol. The molecule has 1 amide bonds. The zero-order chi connectivity index (χ0) is 33.9. The summed E-state index contributed by atoms with van der Waals surface area (Å²) in [5, 5.41) is 22.3. The van der Waals surface area contributed by atoms with E-state index in [2.05, 4.69) is 64.9 Å². The fourth-order valence-electron chi connectivity index (χ4n) is 4.68. The van der Waals surface area contributed by atoms with Crippen LogP contribution in [0.4, 0.5) is 5.95 Å². The number of hydrogen-bond acceptors (Lipinski definition) is 11. The molecule has 1 aliphatic rings. The highest BCUT2D eigenvalue weighted by Gasteiger charge is 2.53. The maximum atomic E-state index is 13.0. The molecule has 0 spiro atoms. The Morgan fingerprint density at radius 3 is 2.42 bits per heavy atom. The van der Waals surface area contributed by atoms with Crippen molar-refractivity contribution in [2.24, 2.45) is 5.92 Å². The largest absolute Gasteiger partial charge is 0.408 e. The van der Waals surface area contributed by atoms with Crippen molar-refractivity contribution >= 4 is 39.9 Å². The first kappa shape index (κ1) is 37.2. The first-order valence-electron chi connectivity index (χ1n) is 15.4. The van der Waals surface area contributed by atoms with Crippen molar-refractivity contribution in [2.45, 2.75) is 123 Å². The average Bonchev–Trinajstić information content (AvgIpc) is 3.48. The summed E-state index contributed by atoms with van der Waals surface area (Å²) in [6.07, 6.45) is -1.65. The fourth-order valence-corrected chi connectivity index (χ4v) is 7.74. The number of rotatable bonds is 14. The Kier molecular flexibility index (Phi) is 12.5. The zero-order valence-electron chi connectivity index (χ0n) is 28.3. The SMILES string of the molecule is CC(C)C(=O)Nc1nc2c(ncn2[C@@H]2O[C@H](CO)[C@@H](O[Si](C)(C)C(C)(C)C)[C@H]2OP(OCCC#N)N(C(C)C)C(C)C)c(=O)[nH]1. The summed E-state index contributed by atoms with van der Waals surface area (Å²) in [4.78, 5) is 36.8. The lowest BCUT2D eigenvalue weighted by Crippen LogP contribution is -2.50. The number of H-pyrrole nitrogens is 1. The quantitative estimate of drug-likeness (QED) is 0.145. The lowest BCUT2D eigenvalue weighted by molar-refractivity contribution is -0.118. The van der Waals surface area contributed by atoms with Crippen molar-refractivity contribution in [3.8, 4) is 6.07 Å². The molecule has 2 aromatic rings. The smallest absolute Gasteiger partial charge is 0.280 e. The molecule has 0 bridgehead atoms. The highest BCUT2D eigenvalue weighted by atomic mass is 31.2. The number of carbonyl (C=O) groups excluding carboxylic acids is 1. The first-order valence-corrected chi connectivity index (χ1v) is 19.4. The van der Waals surface area contributed by atoms with Gasteiger partial charge in [0.25, 0.3) is 14.1 Å². The highest BCUT2D eigenvalue weighted by Crippen LogP contribution is 2.52. The molecule has 0 aliphatic carbocycles. The highest BCUT2D eigenvalue weighted by molar-refractivity contribution is 7.44. The number of anilines is 1. The third-order valence-corrected chi connectivity index (χ3v) is 14.7. The molecule has 14 nitrogen and oxygen atoms in total. The summed E-state index contributed by atoms with van der Waals surface area (Å²) < 4.78 is 30.2. The Balaban J connectivity index is 2.18. The summed E-state index contributed by atoms with van der Waals surface area (Å²) in [5.41, 5.74) is -0.318. The van der Waals surface area contributed by atoms with Crippen LogP contribution in [-0.4, -0.2) is 87.1 Å². The van der Waals surface area contributed by atoms with Crippen molar-refractivity contribution in [1.82, 2.24) is 24.2 Å². The van der Waals surface area contributed by atoms with Crippen LogP contribution in [0, 0.1) is 17.2 Å². The number of hydrogen-bond donors (Lipinski definition) is 3. The Bertz CT molecular complexity index is 1390. The minimum atomic E-state index is -2.44. The van der Waals surface area contributed by atoms with E-state index in [4.69, 9.17) is 18.2 Å². The molecule has 1 aliphatic heterocycles. The number of aromatic nitrogens is 4. The molecule has 5 atom stereocenters. The van der Waals surface area contributed by atoms with Gasteiger partial charge < -0.3 is 23.3 Å². The van der Waals surface area contributed by atoms with Gasteiger partial charge in [-0.1, -0.05) is 34.6 Å². The van der Waals surface area contributed by atoms with E-state index >= 15 is 0 Å². The van der Waals surface area contributed by atoms with E-state index in [9.17, 15) is 20.0 Å². The topological polar surface area (TPSA) is 177 Å².